The minimum atomic E-state index is -0.809. The summed E-state index contributed by atoms with van der Waals surface area (Å²) < 4.78 is 5.63. The first-order valence-corrected chi connectivity index (χ1v) is 12.1. The second-order valence-corrected chi connectivity index (χ2v) is 10.2. The van der Waals surface area contributed by atoms with Crippen molar-refractivity contribution >= 4 is 18.0 Å². The lowest BCUT2D eigenvalue weighted by molar-refractivity contribution is -0.152. The highest BCUT2D eigenvalue weighted by Gasteiger charge is 2.60. The molecule has 7 nitrogen and oxygen atoms in total. The van der Waals surface area contributed by atoms with E-state index in [0.29, 0.717) is 19.4 Å². The van der Waals surface area contributed by atoms with E-state index in [1.165, 1.54) is 11.1 Å². The summed E-state index contributed by atoms with van der Waals surface area (Å²) in [5, 5.41) is 12.3. The molecule has 7 heteroatoms. The number of nitrogens with zero attached hydrogens (tertiary/aromatic N) is 1. The first kappa shape index (κ1) is 21.2. The van der Waals surface area contributed by atoms with Gasteiger partial charge in [0.25, 0.3) is 0 Å². The van der Waals surface area contributed by atoms with Crippen molar-refractivity contribution in [1.82, 2.24) is 10.2 Å². The SMILES string of the molecule is O=C(NCC1(C(=O)N2CC3CC2C3C(=O)O)CCC1)OCC1c2ccccc2-c2ccccc21. The van der Waals surface area contributed by atoms with Crippen LogP contribution in [0.25, 0.3) is 11.1 Å². The van der Waals surface area contributed by atoms with Crippen molar-refractivity contribution in [3.8, 4) is 11.1 Å². The Morgan fingerprint density at radius 1 is 1.03 bits per heavy atom. The van der Waals surface area contributed by atoms with Gasteiger partial charge in [0.15, 0.2) is 0 Å². The summed E-state index contributed by atoms with van der Waals surface area (Å²) in [5.74, 6) is -1.19. The van der Waals surface area contributed by atoms with Gasteiger partial charge >= 0.3 is 12.1 Å². The lowest BCUT2D eigenvalue weighted by atomic mass is 9.67. The van der Waals surface area contributed by atoms with E-state index in [1.807, 2.05) is 24.3 Å². The number of rotatable bonds is 6. The van der Waals surface area contributed by atoms with Crippen LogP contribution in [-0.2, 0) is 14.3 Å². The summed E-state index contributed by atoms with van der Waals surface area (Å²) in [5.41, 5.74) is 4.03. The second kappa shape index (κ2) is 7.86. The molecule has 3 atom stereocenters. The summed E-state index contributed by atoms with van der Waals surface area (Å²) in [6.07, 6.45) is 2.61. The summed E-state index contributed by atoms with van der Waals surface area (Å²) in [6, 6.07) is 16.2. The molecule has 2 aromatic rings. The standard InChI is InChI=1S/C27H28N2O5/c30-24(31)23-16-12-22(23)29(13-16)25(32)27(10-5-11-27)15-28-26(33)34-14-21-19-8-3-1-6-17(19)18-7-2-4-9-20(18)21/h1-4,6-9,16,21-23H,5,10-15H2,(H,28,33)(H,30,31). The van der Waals surface area contributed by atoms with Gasteiger partial charge in [0, 0.05) is 25.0 Å². The molecule has 3 unspecified atom stereocenters. The minimum Gasteiger partial charge on any atom is -0.481 e. The Bertz CT molecular complexity index is 1130. The molecule has 2 aliphatic heterocycles. The van der Waals surface area contributed by atoms with Gasteiger partial charge in [-0.25, -0.2) is 4.79 Å². The lowest BCUT2D eigenvalue weighted by Gasteiger charge is -2.44. The van der Waals surface area contributed by atoms with Crippen molar-refractivity contribution in [2.75, 3.05) is 19.7 Å². The first-order valence-electron chi connectivity index (χ1n) is 12.1. The number of amides is 2. The molecule has 2 amide bonds. The third-order valence-corrected chi connectivity index (χ3v) is 8.52. The molecule has 2 N–H and O–H groups in total. The van der Waals surface area contributed by atoms with Crippen LogP contribution in [0.5, 0.6) is 0 Å². The zero-order valence-electron chi connectivity index (χ0n) is 18.9. The van der Waals surface area contributed by atoms with Crippen LogP contribution in [0.4, 0.5) is 4.79 Å². The van der Waals surface area contributed by atoms with Crippen LogP contribution >= 0.6 is 0 Å². The van der Waals surface area contributed by atoms with Crippen LogP contribution in [0.1, 0.15) is 42.7 Å². The summed E-state index contributed by atoms with van der Waals surface area (Å²) in [6.45, 7) is 0.984. The molecule has 176 valence electrons. The zero-order valence-corrected chi connectivity index (χ0v) is 18.9. The molecular formula is C27H28N2O5. The molecule has 0 radical (unpaired) electrons. The van der Waals surface area contributed by atoms with E-state index < -0.39 is 23.4 Å². The topological polar surface area (TPSA) is 95.9 Å². The number of ether oxygens (including phenoxy) is 1. The van der Waals surface area contributed by atoms with Gasteiger partial charge in [-0.05, 0) is 47.4 Å². The third-order valence-electron chi connectivity index (χ3n) is 8.52. The number of carbonyl (C=O) groups excluding carboxylic acids is 2. The van der Waals surface area contributed by atoms with Gasteiger partial charge in [-0.15, -0.1) is 0 Å². The number of hydrogen-bond donors (Lipinski definition) is 2. The lowest BCUT2D eigenvalue weighted by Crippen LogP contribution is -2.55. The van der Waals surface area contributed by atoms with E-state index in [1.54, 1.807) is 4.90 Å². The van der Waals surface area contributed by atoms with E-state index in [-0.39, 0.29) is 36.9 Å². The van der Waals surface area contributed by atoms with E-state index in [0.717, 1.165) is 24.0 Å². The van der Waals surface area contributed by atoms with Gasteiger partial charge in [-0.1, -0.05) is 55.0 Å². The van der Waals surface area contributed by atoms with Crippen molar-refractivity contribution in [3.63, 3.8) is 0 Å². The van der Waals surface area contributed by atoms with Gasteiger partial charge in [0.2, 0.25) is 5.91 Å². The Morgan fingerprint density at radius 2 is 1.68 bits per heavy atom. The summed E-state index contributed by atoms with van der Waals surface area (Å²) in [4.78, 5) is 39.2. The number of aliphatic carboxylic acids is 1. The van der Waals surface area contributed by atoms with Crippen LogP contribution in [0.3, 0.4) is 0 Å². The molecule has 2 saturated carbocycles. The number of nitrogens with one attached hydrogen (secondary N) is 1. The smallest absolute Gasteiger partial charge is 0.407 e. The Kier molecular flexibility index (Phi) is 4.90. The molecule has 2 aromatic carbocycles. The van der Waals surface area contributed by atoms with Crippen LogP contribution in [0, 0.1) is 17.3 Å². The van der Waals surface area contributed by atoms with Gasteiger partial charge in [-0.3, -0.25) is 9.59 Å². The van der Waals surface area contributed by atoms with Crippen molar-refractivity contribution in [3.05, 3.63) is 59.7 Å². The normalized spacial score (nSPS) is 25.5. The minimum absolute atomic E-state index is 0.00560. The van der Waals surface area contributed by atoms with Crippen LogP contribution < -0.4 is 5.32 Å². The van der Waals surface area contributed by atoms with Gasteiger partial charge < -0.3 is 20.1 Å². The second-order valence-electron chi connectivity index (χ2n) is 10.2. The zero-order chi connectivity index (χ0) is 23.4. The highest BCUT2D eigenvalue weighted by molar-refractivity contribution is 5.87. The fourth-order valence-electron chi connectivity index (χ4n) is 6.48. The molecule has 4 fully saturated rings. The maximum absolute atomic E-state index is 13.3. The maximum Gasteiger partial charge on any atom is 0.407 e. The molecule has 3 aliphatic carbocycles. The quantitative estimate of drug-likeness (QED) is 0.686. The number of hydrogen-bond acceptors (Lipinski definition) is 4. The predicted octanol–water partition coefficient (Wildman–Crippen LogP) is 3.63. The molecular weight excluding hydrogens is 432 g/mol. The number of carboxylic acids is 1. The number of benzene rings is 2. The van der Waals surface area contributed by atoms with E-state index in [2.05, 4.69) is 29.6 Å². The molecule has 2 heterocycles. The maximum atomic E-state index is 13.3. The largest absolute Gasteiger partial charge is 0.481 e. The number of carbonyl (C=O) groups is 3. The summed E-state index contributed by atoms with van der Waals surface area (Å²) in [7, 11) is 0. The molecule has 0 spiro atoms. The van der Waals surface area contributed by atoms with Gasteiger partial charge in [0.1, 0.15) is 6.61 Å². The average molecular weight is 461 g/mol. The fourth-order valence-corrected chi connectivity index (χ4v) is 6.48. The van der Waals surface area contributed by atoms with E-state index >= 15 is 0 Å². The highest BCUT2D eigenvalue weighted by Crippen LogP contribution is 2.51. The molecule has 0 aromatic heterocycles. The number of fused-ring (bicyclic) bond motifs is 4. The van der Waals surface area contributed by atoms with Crippen molar-refractivity contribution in [1.29, 1.82) is 0 Å². The highest BCUT2D eigenvalue weighted by atomic mass is 16.5. The van der Waals surface area contributed by atoms with E-state index in [4.69, 9.17) is 4.74 Å². The Labute approximate surface area is 198 Å². The van der Waals surface area contributed by atoms with Crippen LogP contribution in [0.2, 0.25) is 0 Å². The third kappa shape index (κ3) is 3.13. The van der Waals surface area contributed by atoms with Gasteiger partial charge in [0.05, 0.1) is 11.3 Å². The van der Waals surface area contributed by atoms with Crippen molar-refractivity contribution in [2.24, 2.45) is 17.3 Å². The predicted molar refractivity (Wildman–Crippen MR) is 124 cm³/mol. The molecule has 34 heavy (non-hydrogen) atoms. The summed E-state index contributed by atoms with van der Waals surface area (Å²) >= 11 is 0. The van der Waals surface area contributed by atoms with Crippen LogP contribution in [0.15, 0.2) is 48.5 Å². The fraction of sp³-hybridized carbons (Fsp3) is 0.444. The Hall–Kier alpha value is -3.35. The van der Waals surface area contributed by atoms with Crippen LogP contribution in [-0.4, -0.2) is 53.7 Å². The Morgan fingerprint density at radius 3 is 2.24 bits per heavy atom. The molecule has 7 rings (SSSR count). The molecule has 2 bridgehead atoms. The molecule has 2 saturated heterocycles. The van der Waals surface area contributed by atoms with Crippen molar-refractivity contribution < 1.29 is 24.2 Å². The monoisotopic (exact) mass is 460 g/mol. The Balaban J connectivity index is 1.08. The van der Waals surface area contributed by atoms with Crippen molar-refractivity contribution in [2.45, 2.75) is 37.6 Å². The number of alkyl carbamates (subject to hydrolysis) is 1. The number of carboxylic acid groups (broad SMARTS) is 1. The van der Waals surface area contributed by atoms with Gasteiger partial charge in [-0.2, -0.15) is 0 Å². The van der Waals surface area contributed by atoms with E-state index in [9.17, 15) is 19.5 Å². The molecule has 5 aliphatic rings. The average Bonchev–Trinajstić information content (AvgIpc) is 3.47. The first-order chi connectivity index (χ1) is 16.5.